The topological polar surface area (TPSA) is 47.6 Å². The van der Waals surface area contributed by atoms with E-state index in [1.165, 1.54) is 0 Å². The monoisotopic (exact) mass is 275 g/mol. The summed E-state index contributed by atoms with van der Waals surface area (Å²) < 4.78 is 10.9. The average molecular weight is 275 g/mol. The highest BCUT2D eigenvalue weighted by Crippen LogP contribution is 2.38. The minimum atomic E-state index is -0.767. The van der Waals surface area contributed by atoms with Gasteiger partial charge in [-0.3, -0.25) is 4.79 Å². The SMILES string of the molecule is COc1ccc(N/C=C2\C(=O)C(C)(C)OC2(C)C)cc1. The van der Waals surface area contributed by atoms with E-state index in [0.29, 0.717) is 5.57 Å². The lowest BCUT2D eigenvalue weighted by Gasteiger charge is -2.22. The molecule has 108 valence electrons. The van der Waals surface area contributed by atoms with Crippen molar-refractivity contribution in [2.24, 2.45) is 0 Å². The van der Waals surface area contributed by atoms with Crippen molar-refractivity contribution in [2.75, 3.05) is 12.4 Å². The molecule has 1 aliphatic heterocycles. The Morgan fingerprint density at radius 3 is 2.15 bits per heavy atom. The lowest BCUT2D eigenvalue weighted by Crippen LogP contribution is -2.29. The minimum absolute atomic E-state index is 0.0171. The Hall–Kier alpha value is -1.81. The minimum Gasteiger partial charge on any atom is -0.497 e. The second-order valence-corrected chi connectivity index (χ2v) is 5.88. The van der Waals surface area contributed by atoms with Crippen molar-refractivity contribution in [3.8, 4) is 5.75 Å². The molecule has 0 atom stereocenters. The molecule has 1 fully saturated rings. The summed E-state index contributed by atoms with van der Waals surface area (Å²) in [5.74, 6) is 0.813. The summed E-state index contributed by atoms with van der Waals surface area (Å²) in [5.41, 5.74) is 0.196. The summed E-state index contributed by atoms with van der Waals surface area (Å²) in [6.45, 7) is 7.40. The van der Waals surface area contributed by atoms with E-state index in [9.17, 15) is 4.79 Å². The first-order valence-electron chi connectivity index (χ1n) is 6.62. The second-order valence-electron chi connectivity index (χ2n) is 5.88. The van der Waals surface area contributed by atoms with E-state index >= 15 is 0 Å². The summed E-state index contributed by atoms with van der Waals surface area (Å²) >= 11 is 0. The van der Waals surface area contributed by atoms with Crippen LogP contribution in [0.3, 0.4) is 0 Å². The second kappa shape index (κ2) is 4.94. The summed E-state index contributed by atoms with van der Waals surface area (Å²) in [6, 6.07) is 7.52. The van der Waals surface area contributed by atoms with Gasteiger partial charge in [0.05, 0.1) is 12.7 Å². The van der Waals surface area contributed by atoms with Gasteiger partial charge in [0.1, 0.15) is 11.4 Å². The molecule has 1 aromatic rings. The number of nitrogens with one attached hydrogen (secondary N) is 1. The molecule has 0 unspecified atom stereocenters. The fourth-order valence-corrected chi connectivity index (χ4v) is 2.42. The highest BCUT2D eigenvalue weighted by Gasteiger charge is 2.49. The zero-order chi connectivity index (χ0) is 15.0. The van der Waals surface area contributed by atoms with Crippen molar-refractivity contribution in [1.29, 1.82) is 0 Å². The third kappa shape index (κ3) is 2.70. The van der Waals surface area contributed by atoms with Gasteiger partial charge in [-0.15, -0.1) is 0 Å². The Morgan fingerprint density at radius 2 is 1.70 bits per heavy atom. The largest absolute Gasteiger partial charge is 0.497 e. The maximum absolute atomic E-state index is 12.3. The summed E-state index contributed by atoms with van der Waals surface area (Å²) in [7, 11) is 1.63. The van der Waals surface area contributed by atoms with E-state index in [2.05, 4.69) is 5.32 Å². The lowest BCUT2D eigenvalue weighted by atomic mass is 9.93. The van der Waals surface area contributed by atoms with Crippen LogP contribution in [-0.4, -0.2) is 24.1 Å². The smallest absolute Gasteiger partial charge is 0.194 e. The molecular formula is C16H21NO3. The average Bonchev–Trinajstić information content (AvgIpc) is 2.53. The van der Waals surface area contributed by atoms with Crippen LogP contribution in [0, 0.1) is 0 Å². The van der Waals surface area contributed by atoms with Crippen LogP contribution in [0.4, 0.5) is 5.69 Å². The molecule has 1 heterocycles. The highest BCUT2D eigenvalue weighted by atomic mass is 16.5. The molecule has 2 rings (SSSR count). The number of hydrogen-bond acceptors (Lipinski definition) is 4. The Labute approximate surface area is 119 Å². The van der Waals surface area contributed by atoms with E-state index in [-0.39, 0.29) is 5.78 Å². The van der Waals surface area contributed by atoms with Crippen molar-refractivity contribution in [3.05, 3.63) is 36.0 Å². The van der Waals surface area contributed by atoms with Gasteiger partial charge in [0.25, 0.3) is 0 Å². The van der Waals surface area contributed by atoms with Gasteiger partial charge in [0.15, 0.2) is 5.78 Å². The van der Waals surface area contributed by atoms with Crippen molar-refractivity contribution in [1.82, 2.24) is 0 Å². The molecule has 0 radical (unpaired) electrons. The number of ether oxygens (including phenoxy) is 2. The van der Waals surface area contributed by atoms with Gasteiger partial charge < -0.3 is 14.8 Å². The Kier molecular flexibility index (Phi) is 3.61. The van der Waals surface area contributed by atoms with Crippen LogP contribution >= 0.6 is 0 Å². The van der Waals surface area contributed by atoms with Gasteiger partial charge in [0.2, 0.25) is 0 Å². The van der Waals surface area contributed by atoms with Gasteiger partial charge in [-0.2, -0.15) is 0 Å². The third-order valence-corrected chi connectivity index (χ3v) is 3.42. The molecule has 0 bridgehead atoms. The molecule has 1 saturated heterocycles. The molecule has 4 heteroatoms. The van der Waals surface area contributed by atoms with Crippen LogP contribution in [0.2, 0.25) is 0 Å². The number of anilines is 1. The van der Waals surface area contributed by atoms with Crippen LogP contribution in [0.5, 0.6) is 5.75 Å². The molecule has 1 N–H and O–H groups in total. The lowest BCUT2D eigenvalue weighted by molar-refractivity contribution is -0.132. The van der Waals surface area contributed by atoms with E-state index in [1.807, 2.05) is 38.1 Å². The maximum atomic E-state index is 12.3. The van der Waals surface area contributed by atoms with Gasteiger partial charge >= 0.3 is 0 Å². The third-order valence-electron chi connectivity index (χ3n) is 3.42. The van der Waals surface area contributed by atoms with Crippen LogP contribution in [-0.2, 0) is 9.53 Å². The molecule has 0 amide bonds. The van der Waals surface area contributed by atoms with Crippen LogP contribution in [0.1, 0.15) is 27.7 Å². The highest BCUT2D eigenvalue weighted by molar-refractivity contribution is 6.05. The zero-order valence-corrected chi connectivity index (χ0v) is 12.6. The van der Waals surface area contributed by atoms with Crippen LogP contribution in [0.25, 0.3) is 0 Å². The Bertz CT molecular complexity index is 541. The first kappa shape index (κ1) is 14.6. The van der Waals surface area contributed by atoms with Crippen molar-refractivity contribution in [3.63, 3.8) is 0 Å². The predicted octanol–water partition coefficient (Wildman–Crippen LogP) is 3.15. The number of ketones is 1. The van der Waals surface area contributed by atoms with Gasteiger partial charge in [-0.25, -0.2) is 0 Å². The first-order chi connectivity index (χ1) is 9.26. The Morgan fingerprint density at radius 1 is 1.10 bits per heavy atom. The fourth-order valence-electron chi connectivity index (χ4n) is 2.42. The number of carbonyl (C=O) groups is 1. The quantitative estimate of drug-likeness (QED) is 0.861. The predicted molar refractivity (Wildman–Crippen MR) is 78.9 cm³/mol. The molecule has 0 aliphatic carbocycles. The standard InChI is InChI=1S/C16H21NO3/c1-15(2)13(14(18)16(3,4)20-15)10-17-11-6-8-12(19-5)9-7-11/h6-10,17H,1-5H3/b13-10+. The van der Waals surface area contributed by atoms with Crippen molar-refractivity contribution in [2.45, 2.75) is 38.9 Å². The number of benzene rings is 1. The van der Waals surface area contributed by atoms with E-state index in [0.717, 1.165) is 11.4 Å². The van der Waals surface area contributed by atoms with E-state index in [4.69, 9.17) is 9.47 Å². The number of hydrogen-bond donors (Lipinski definition) is 1. The van der Waals surface area contributed by atoms with Crippen molar-refractivity contribution >= 4 is 11.5 Å². The molecule has 1 aromatic carbocycles. The molecule has 20 heavy (non-hydrogen) atoms. The molecule has 0 spiro atoms. The zero-order valence-electron chi connectivity index (χ0n) is 12.6. The van der Waals surface area contributed by atoms with Crippen LogP contribution in [0.15, 0.2) is 36.0 Å². The number of carbonyl (C=O) groups excluding carboxylic acids is 1. The Balaban J connectivity index is 2.20. The normalized spacial score (nSPS) is 22.1. The van der Waals surface area contributed by atoms with Crippen molar-refractivity contribution < 1.29 is 14.3 Å². The summed E-state index contributed by atoms with van der Waals surface area (Å²) in [6.07, 6.45) is 1.74. The van der Waals surface area contributed by atoms with E-state index < -0.39 is 11.2 Å². The first-order valence-corrected chi connectivity index (χ1v) is 6.62. The molecule has 4 nitrogen and oxygen atoms in total. The summed E-state index contributed by atoms with van der Waals surface area (Å²) in [5, 5.41) is 3.14. The van der Waals surface area contributed by atoms with Gasteiger partial charge in [-0.05, 0) is 52.0 Å². The maximum Gasteiger partial charge on any atom is 0.194 e. The fraction of sp³-hybridized carbons (Fsp3) is 0.438. The summed E-state index contributed by atoms with van der Waals surface area (Å²) in [4.78, 5) is 12.3. The van der Waals surface area contributed by atoms with Gasteiger partial charge in [0, 0.05) is 17.5 Å². The number of Topliss-reactive ketones (excluding diaryl/α,β-unsaturated/α-hetero) is 1. The molecule has 1 aliphatic rings. The van der Waals surface area contributed by atoms with Gasteiger partial charge in [-0.1, -0.05) is 0 Å². The molecule has 0 aromatic heterocycles. The number of rotatable bonds is 3. The molecule has 0 saturated carbocycles. The number of methoxy groups -OCH3 is 1. The van der Waals surface area contributed by atoms with E-state index in [1.54, 1.807) is 27.2 Å². The van der Waals surface area contributed by atoms with Crippen LogP contribution < -0.4 is 10.1 Å². The molecular weight excluding hydrogens is 254 g/mol.